The van der Waals surface area contributed by atoms with E-state index in [4.69, 9.17) is 5.11 Å². The normalized spacial score (nSPS) is 10.9. The van der Waals surface area contributed by atoms with Gasteiger partial charge in [-0.25, -0.2) is 14.3 Å². The fourth-order valence-electron chi connectivity index (χ4n) is 1.64. The number of carbonyl (C=O) groups is 1. The molecular formula is C11H13N3O2. The van der Waals surface area contributed by atoms with Gasteiger partial charge in [-0.1, -0.05) is 6.92 Å². The van der Waals surface area contributed by atoms with Gasteiger partial charge < -0.3 is 5.11 Å². The molecule has 2 heterocycles. The summed E-state index contributed by atoms with van der Waals surface area (Å²) in [7, 11) is 0. The van der Waals surface area contributed by atoms with Crippen molar-refractivity contribution in [2.75, 3.05) is 0 Å². The van der Waals surface area contributed by atoms with Crippen LogP contribution in [0.2, 0.25) is 0 Å². The lowest BCUT2D eigenvalue weighted by Gasteiger charge is -1.99. The zero-order chi connectivity index (χ0) is 11.7. The van der Waals surface area contributed by atoms with E-state index in [1.807, 2.05) is 19.9 Å². The third-order valence-electron chi connectivity index (χ3n) is 2.32. The molecule has 5 heteroatoms. The van der Waals surface area contributed by atoms with Gasteiger partial charge >= 0.3 is 5.97 Å². The van der Waals surface area contributed by atoms with Crippen molar-refractivity contribution < 1.29 is 9.90 Å². The van der Waals surface area contributed by atoms with Gasteiger partial charge in [-0.2, -0.15) is 5.10 Å². The molecule has 0 aliphatic heterocycles. The third kappa shape index (κ3) is 1.76. The second-order valence-electron chi connectivity index (χ2n) is 3.77. The summed E-state index contributed by atoms with van der Waals surface area (Å²) in [6.45, 7) is 3.88. The Morgan fingerprint density at radius 1 is 1.50 bits per heavy atom. The molecule has 0 spiro atoms. The second kappa shape index (κ2) is 3.92. The van der Waals surface area contributed by atoms with E-state index in [1.54, 1.807) is 6.07 Å². The molecule has 2 aromatic rings. The molecule has 5 nitrogen and oxygen atoms in total. The van der Waals surface area contributed by atoms with E-state index in [-0.39, 0.29) is 5.69 Å². The number of hydrogen-bond donors (Lipinski definition) is 1. The summed E-state index contributed by atoms with van der Waals surface area (Å²) < 4.78 is 1.39. The first-order valence-corrected chi connectivity index (χ1v) is 5.21. The number of carboxylic acids is 1. The molecule has 0 radical (unpaired) electrons. The summed E-state index contributed by atoms with van der Waals surface area (Å²) in [6.07, 6.45) is 1.71. The molecule has 1 N–H and O–H groups in total. The van der Waals surface area contributed by atoms with Gasteiger partial charge in [0.15, 0.2) is 17.2 Å². The maximum Gasteiger partial charge on any atom is 0.354 e. The number of rotatable bonds is 3. The lowest BCUT2D eigenvalue weighted by molar-refractivity contribution is 0.0687. The predicted molar refractivity (Wildman–Crippen MR) is 58.7 cm³/mol. The Labute approximate surface area is 92.7 Å². The Hall–Kier alpha value is -1.91. The Morgan fingerprint density at radius 3 is 2.88 bits per heavy atom. The van der Waals surface area contributed by atoms with Crippen LogP contribution in [-0.4, -0.2) is 25.7 Å². The highest BCUT2D eigenvalue weighted by atomic mass is 16.4. The van der Waals surface area contributed by atoms with Crippen molar-refractivity contribution in [1.29, 1.82) is 0 Å². The first kappa shape index (κ1) is 10.6. The first-order valence-electron chi connectivity index (χ1n) is 5.21. The van der Waals surface area contributed by atoms with Crippen molar-refractivity contribution in [2.45, 2.75) is 26.7 Å². The third-order valence-corrected chi connectivity index (χ3v) is 2.32. The van der Waals surface area contributed by atoms with E-state index >= 15 is 0 Å². The Balaban J connectivity index is 2.65. The number of carboxylic acid groups (broad SMARTS) is 1. The molecule has 16 heavy (non-hydrogen) atoms. The van der Waals surface area contributed by atoms with Crippen molar-refractivity contribution in [3.63, 3.8) is 0 Å². The minimum absolute atomic E-state index is 0.157. The summed E-state index contributed by atoms with van der Waals surface area (Å²) in [5.41, 5.74) is 1.63. The van der Waals surface area contributed by atoms with E-state index in [1.165, 1.54) is 4.52 Å². The van der Waals surface area contributed by atoms with Gasteiger partial charge in [-0.15, -0.1) is 0 Å². The highest BCUT2D eigenvalue weighted by Crippen LogP contribution is 2.10. The maximum atomic E-state index is 11.0. The topological polar surface area (TPSA) is 67.5 Å². The Morgan fingerprint density at radius 2 is 2.25 bits per heavy atom. The Bertz CT molecular complexity index is 545. The second-order valence-corrected chi connectivity index (χ2v) is 3.77. The fourth-order valence-corrected chi connectivity index (χ4v) is 1.64. The number of fused-ring (bicyclic) bond motifs is 1. The molecule has 0 aliphatic carbocycles. The van der Waals surface area contributed by atoms with Crippen LogP contribution in [0.5, 0.6) is 0 Å². The van der Waals surface area contributed by atoms with E-state index < -0.39 is 5.97 Å². The zero-order valence-electron chi connectivity index (χ0n) is 9.27. The molecule has 0 unspecified atom stereocenters. The minimum atomic E-state index is -0.985. The molecular weight excluding hydrogens is 206 g/mol. The monoisotopic (exact) mass is 219 g/mol. The largest absolute Gasteiger partial charge is 0.477 e. The van der Waals surface area contributed by atoms with E-state index in [0.717, 1.165) is 18.4 Å². The maximum absolute atomic E-state index is 11.0. The van der Waals surface area contributed by atoms with Crippen LogP contribution < -0.4 is 0 Å². The van der Waals surface area contributed by atoms with Crippen LogP contribution in [0.4, 0.5) is 0 Å². The highest BCUT2D eigenvalue weighted by molar-refractivity contribution is 5.86. The summed E-state index contributed by atoms with van der Waals surface area (Å²) in [5.74, 6) is -0.294. The van der Waals surface area contributed by atoms with Gasteiger partial charge in [0.25, 0.3) is 0 Å². The average molecular weight is 219 g/mol. The number of aromatic carboxylic acids is 1. The van der Waals surface area contributed by atoms with Gasteiger partial charge in [-0.05, 0) is 31.0 Å². The summed E-state index contributed by atoms with van der Waals surface area (Å²) >= 11 is 0. The lowest BCUT2D eigenvalue weighted by Crippen LogP contribution is -2.06. The number of nitrogens with zero attached hydrogens (tertiary/aromatic N) is 3. The smallest absolute Gasteiger partial charge is 0.354 e. The van der Waals surface area contributed by atoms with Crippen LogP contribution >= 0.6 is 0 Å². The molecule has 0 amide bonds. The van der Waals surface area contributed by atoms with Crippen molar-refractivity contribution in [1.82, 2.24) is 14.6 Å². The van der Waals surface area contributed by atoms with Crippen molar-refractivity contribution in [2.24, 2.45) is 0 Å². The van der Waals surface area contributed by atoms with Crippen molar-refractivity contribution in [3.8, 4) is 0 Å². The van der Waals surface area contributed by atoms with Crippen LogP contribution in [0.15, 0.2) is 12.1 Å². The number of pyridine rings is 1. The standard InChI is InChI=1S/C11H13N3O2/c1-3-4-9-12-10-6-7(2)5-8(11(15)16)14(10)13-9/h5-6H,3-4H2,1-2H3,(H,15,16). The van der Waals surface area contributed by atoms with Gasteiger partial charge in [-0.3, -0.25) is 0 Å². The molecule has 0 fully saturated rings. The molecule has 0 saturated heterocycles. The average Bonchev–Trinajstić information content (AvgIpc) is 2.59. The molecule has 0 atom stereocenters. The molecule has 0 aromatic carbocycles. The van der Waals surface area contributed by atoms with Crippen LogP contribution in [0.3, 0.4) is 0 Å². The zero-order valence-corrected chi connectivity index (χ0v) is 9.27. The van der Waals surface area contributed by atoms with Crippen LogP contribution in [-0.2, 0) is 6.42 Å². The fraction of sp³-hybridized carbons (Fsp3) is 0.364. The van der Waals surface area contributed by atoms with Gasteiger partial charge in [0.05, 0.1) is 0 Å². The first-order chi connectivity index (χ1) is 7.61. The quantitative estimate of drug-likeness (QED) is 0.852. The number of aromatic nitrogens is 3. The molecule has 0 bridgehead atoms. The molecule has 0 saturated carbocycles. The summed E-state index contributed by atoms with van der Waals surface area (Å²) in [4.78, 5) is 15.3. The lowest BCUT2D eigenvalue weighted by atomic mass is 10.2. The number of hydrogen-bond acceptors (Lipinski definition) is 3. The van der Waals surface area contributed by atoms with E-state index in [2.05, 4.69) is 10.1 Å². The van der Waals surface area contributed by atoms with Gasteiger partial charge in [0.2, 0.25) is 0 Å². The highest BCUT2D eigenvalue weighted by Gasteiger charge is 2.12. The van der Waals surface area contributed by atoms with Crippen molar-refractivity contribution >= 4 is 11.6 Å². The van der Waals surface area contributed by atoms with Gasteiger partial charge in [0.1, 0.15) is 0 Å². The molecule has 0 aliphatic rings. The Kier molecular flexibility index (Phi) is 2.60. The van der Waals surface area contributed by atoms with Crippen LogP contribution in [0, 0.1) is 6.92 Å². The van der Waals surface area contributed by atoms with E-state index in [0.29, 0.717) is 11.5 Å². The van der Waals surface area contributed by atoms with Crippen molar-refractivity contribution in [3.05, 3.63) is 29.2 Å². The van der Waals surface area contributed by atoms with E-state index in [9.17, 15) is 4.79 Å². The summed E-state index contributed by atoms with van der Waals surface area (Å²) in [5, 5.41) is 13.2. The van der Waals surface area contributed by atoms with Gasteiger partial charge in [0, 0.05) is 6.42 Å². The molecule has 2 aromatic heterocycles. The predicted octanol–water partition coefficient (Wildman–Crippen LogP) is 1.69. The molecule has 84 valence electrons. The van der Waals surface area contributed by atoms with Crippen LogP contribution in [0.1, 0.15) is 35.2 Å². The summed E-state index contributed by atoms with van der Waals surface area (Å²) in [6, 6.07) is 3.43. The van der Waals surface area contributed by atoms with Crippen LogP contribution in [0.25, 0.3) is 5.65 Å². The minimum Gasteiger partial charge on any atom is -0.477 e. The molecule has 2 rings (SSSR count). The number of aryl methyl sites for hydroxylation is 2. The SMILES string of the molecule is CCCc1nc2cc(C)cc(C(=O)O)n2n1.